The summed E-state index contributed by atoms with van der Waals surface area (Å²) in [7, 11) is 0. The molecule has 2 N–H and O–H groups in total. The molecule has 1 aliphatic rings. The van der Waals surface area contributed by atoms with Gasteiger partial charge in [-0.1, -0.05) is 31.2 Å². The number of hydrogen-bond acceptors (Lipinski definition) is 2. The van der Waals surface area contributed by atoms with E-state index in [2.05, 4.69) is 31.3 Å². The Kier molecular flexibility index (Phi) is 3.62. The van der Waals surface area contributed by atoms with Crippen LogP contribution in [0.15, 0.2) is 24.3 Å². The molecule has 88 valence electrons. The van der Waals surface area contributed by atoms with Crippen LogP contribution in [0.5, 0.6) is 0 Å². The lowest BCUT2D eigenvalue weighted by molar-refractivity contribution is 0.281. The molecule has 2 nitrogen and oxygen atoms in total. The van der Waals surface area contributed by atoms with E-state index < -0.39 is 0 Å². The van der Waals surface area contributed by atoms with Crippen molar-refractivity contribution in [3.8, 4) is 0 Å². The van der Waals surface area contributed by atoms with Crippen molar-refractivity contribution in [3.63, 3.8) is 0 Å². The highest BCUT2D eigenvalue weighted by atomic mass is 16.3. The molecular weight excluding hydrogens is 198 g/mol. The fourth-order valence-electron chi connectivity index (χ4n) is 2.09. The molecular formula is C14H21NO. The predicted octanol–water partition coefficient (Wildman–Crippen LogP) is 2.49. The minimum Gasteiger partial charge on any atom is -0.392 e. The first-order valence-electron chi connectivity index (χ1n) is 6.13. The molecule has 1 aromatic carbocycles. The van der Waals surface area contributed by atoms with Crippen molar-refractivity contribution in [2.24, 2.45) is 11.8 Å². The Hall–Kier alpha value is -0.860. The smallest absolute Gasteiger partial charge is 0.0681 e. The average molecular weight is 219 g/mol. The highest BCUT2D eigenvalue weighted by Gasteiger charge is 2.32. The molecule has 1 aliphatic carbocycles. The van der Waals surface area contributed by atoms with Crippen molar-refractivity contribution < 1.29 is 5.11 Å². The molecule has 16 heavy (non-hydrogen) atoms. The van der Waals surface area contributed by atoms with Gasteiger partial charge >= 0.3 is 0 Å². The van der Waals surface area contributed by atoms with Crippen LogP contribution in [0.4, 0.5) is 0 Å². The molecule has 0 heterocycles. The van der Waals surface area contributed by atoms with Crippen LogP contribution in [-0.4, -0.2) is 11.7 Å². The zero-order valence-corrected chi connectivity index (χ0v) is 10.1. The lowest BCUT2D eigenvalue weighted by Gasteiger charge is -2.14. The maximum atomic E-state index is 9.09. The Morgan fingerprint density at radius 1 is 1.50 bits per heavy atom. The lowest BCUT2D eigenvalue weighted by atomic mass is 10.1. The van der Waals surface area contributed by atoms with Crippen LogP contribution < -0.4 is 5.32 Å². The Morgan fingerprint density at radius 2 is 2.25 bits per heavy atom. The molecule has 2 rings (SSSR count). The zero-order valence-electron chi connectivity index (χ0n) is 10.1. The van der Waals surface area contributed by atoms with Gasteiger partial charge in [0.1, 0.15) is 0 Å². The summed E-state index contributed by atoms with van der Waals surface area (Å²) < 4.78 is 0. The van der Waals surface area contributed by atoms with E-state index in [1.807, 2.05) is 12.1 Å². The number of nitrogens with one attached hydrogen (secondary N) is 1. The maximum Gasteiger partial charge on any atom is 0.0681 e. The summed E-state index contributed by atoms with van der Waals surface area (Å²) in [6.07, 6.45) is 1.37. The Balaban J connectivity index is 1.89. The number of hydrogen-bond donors (Lipinski definition) is 2. The highest BCUT2D eigenvalue weighted by molar-refractivity contribution is 5.25. The molecule has 0 amide bonds. The van der Waals surface area contributed by atoms with Gasteiger partial charge in [0, 0.05) is 6.04 Å². The lowest BCUT2D eigenvalue weighted by Crippen LogP contribution is -2.21. The molecule has 0 spiro atoms. The summed E-state index contributed by atoms with van der Waals surface area (Å²) in [4.78, 5) is 0. The first-order chi connectivity index (χ1) is 7.70. The highest BCUT2D eigenvalue weighted by Crippen LogP contribution is 2.37. The third-order valence-electron chi connectivity index (χ3n) is 3.60. The van der Waals surface area contributed by atoms with Crippen LogP contribution in [0, 0.1) is 11.8 Å². The van der Waals surface area contributed by atoms with Gasteiger partial charge in [0.2, 0.25) is 0 Å². The van der Waals surface area contributed by atoms with E-state index in [0.717, 1.165) is 23.9 Å². The fraction of sp³-hybridized carbons (Fsp3) is 0.571. The van der Waals surface area contributed by atoms with Crippen LogP contribution in [-0.2, 0) is 6.61 Å². The maximum absolute atomic E-state index is 9.09. The summed E-state index contributed by atoms with van der Waals surface area (Å²) in [5.74, 6) is 1.78. The van der Waals surface area contributed by atoms with E-state index in [1.54, 1.807) is 0 Å². The van der Waals surface area contributed by atoms with Crippen LogP contribution in [0.2, 0.25) is 0 Å². The van der Waals surface area contributed by atoms with E-state index in [4.69, 9.17) is 5.11 Å². The van der Waals surface area contributed by atoms with Gasteiger partial charge in [-0.2, -0.15) is 0 Å². The zero-order chi connectivity index (χ0) is 11.5. The van der Waals surface area contributed by atoms with Crippen molar-refractivity contribution in [3.05, 3.63) is 35.4 Å². The molecule has 1 saturated carbocycles. The molecule has 0 bridgehead atoms. The van der Waals surface area contributed by atoms with Gasteiger partial charge in [0.15, 0.2) is 0 Å². The Labute approximate surface area is 97.7 Å². The van der Waals surface area contributed by atoms with E-state index >= 15 is 0 Å². The van der Waals surface area contributed by atoms with E-state index in [-0.39, 0.29) is 6.61 Å². The summed E-state index contributed by atoms with van der Waals surface area (Å²) in [6, 6.07) is 8.54. The van der Waals surface area contributed by atoms with Gasteiger partial charge in [-0.05, 0) is 42.9 Å². The van der Waals surface area contributed by atoms with E-state index in [9.17, 15) is 0 Å². The Morgan fingerprint density at radius 3 is 2.88 bits per heavy atom. The second kappa shape index (κ2) is 4.98. The molecule has 1 fully saturated rings. The largest absolute Gasteiger partial charge is 0.392 e. The molecule has 1 aromatic rings. The quantitative estimate of drug-likeness (QED) is 0.797. The van der Waals surface area contributed by atoms with Gasteiger partial charge in [0.25, 0.3) is 0 Å². The molecule has 0 aliphatic heterocycles. The first-order valence-corrected chi connectivity index (χ1v) is 6.13. The minimum absolute atomic E-state index is 0.125. The van der Waals surface area contributed by atoms with Gasteiger partial charge in [-0.25, -0.2) is 0 Å². The normalized spacial score (nSPS) is 25.4. The van der Waals surface area contributed by atoms with Gasteiger partial charge in [0.05, 0.1) is 6.61 Å². The molecule has 2 heteroatoms. The second-order valence-corrected chi connectivity index (χ2v) is 5.01. The van der Waals surface area contributed by atoms with Crippen molar-refractivity contribution in [1.82, 2.24) is 5.32 Å². The minimum atomic E-state index is 0.125. The molecule has 3 unspecified atom stereocenters. The fourth-order valence-corrected chi connectivity index (χ4v) is 2.09. The third-order valence-corrected chi connectivity index (χ3v) is 3.60. The van der Waals surface area contributed by atoms with Crippen LogP contribution in [0.25, 0.3) is 0 Å². The van der Waals surface area contributed by atoms with E-state index in [0.29, 0.717) is 6.04 Å². The van der Waals surface area contributed by atoms with Crippen molar-refractivity contribution in [2.45, 2.75) is 32.9 Å². The monoisotopic (exact) mass is 219 g/mol. The van der Waals surface area contributed by atoms with Gasteiger partial charge < -0.3 is 10.4 Å². The number of aliphatic hydroxyl groups is 1. The first kappa shape index (κ1) is 11.6. The van der Waals surface area contributed by atoms with Crippen molar-refractivity contribution in [1.29, 1.82) is 0 Å². The molecule has 0 radical (unpaired) electrons. The van der Waals surface area contributed by atoms with Gasteiger partial charge in [-0.3, -0.25) is 0 Å². The van der Waals surface area contributed by atoms with Crippen LogP contribution in [0.3, 0.4) is 0 Å². The summed E-state index contributed by atoms with van der Waals surface area (Å²) in [5, 5.41) is 12.6. The number of benzene rings is 1. The second-order valence-electron chi connectivity index (χ2n) is 5.01. The predicted molar refractivity (Wildman–Crippen MR) is 66.1 cm³/mol. The van der Waals surface area contributed by atoms with Crippen molar-refractivity contribution in [2.75, 3.05) is 6.54 Å². The van der Waals surface area contributed by atoms with Gasteiger partial charge in [-0.15, -0.1) is 0 Å². The van der Waals surface area contributed by atoms with Crippen LogP contribution >= 0.6 is 0 Å². The summed E-state index contributed by atoms with van der Waals surface area (Å²) >= 11 is 0. The van der Waals surface area contributed by atoms with Crippen molar-refractivity contribution >= 4 is 0 Å². The van der Waals surface area contributed by atoms with Crippen LogP contribution in [0.1, 0.15) is 37.4 Å². The topological polar surface area (TPSA) is 32.3 Å². The summed E-state index contributed by atoms with van der Waals surface area (Å²) in [5.41, 5.74) is 2.26. The molecule has 0 aromatic heterocycles. The molecule has 0 saturated heterocycles. The van der Waals surface area contributed by atoms with E-state index in [1.165, 1.54) is 12.0 Å². The number of aliphatic hydroxyl groups excluding tert-OH is 1. The average Bonchev–Trinajstić information content (AvgIpc) is 3.02. The number of rotatable bonds is 5. The molecule has 3 atom stereocenters. The summed E-state index contributed by atoms with van der Waals surface area (Å²) in [6.45, 7) is 5.73. The Bertz CT molecular complexity index is 350. The standard InChI is InChI=1S/C14H21NO/c1-10-6-14(10)8-15-11(2)13-5-3-4-12(7-13)9-16/h3-5,7,10-11,14-16H,6,8-9H2,1-2H3. The third kappa shape index (κ3) is 2.83. The SMILES string of the molecule is CC(NCC1CC1C)c1cccc(CO)c1.